The molecule has 15 heavy (non-hydrogen) atoms. The minimum absolute atomic E-state index is 0.315. The first-order valence-corrected chi connectivity index (χ1v) is 8.97. The van der Waals surface area contributed by atoms with Gasteiger partial charge in [0.05, 0.1) is 13.7 Å². The van der Waals surface area contributed by atoms with Crippen LogP contribution in [0.4, 0.5) is 0 Å². The van der Waals surface area contributed by atoms with Gasteiger partial charge < -0.3 is 0 Å². The Kier molecular flexibility index (Phi) is 7.62. The number of isocyanates is 1. The second-order valence-corrected chi connectivity index (χ2v) is 9.81. The fourth-order valence-corrected chi connectivity index (χ4v) is 6.48. The minimum atomic E-state index is -1.33. The van der Waals surface area contributed by atoms with Crippen molar-refractivity contribution in [1.82, 2.24) is 0 Å². The van der Waals surface area contributed by atoms with Crippen molar-refractivity contribution in [1.29, 1.82) is 0 Å². The maximum Gasteiger partial charge on any atom is 0.234 e. The van der Waals surface area contributed by atoms with Gasteiger partial charge in [-0.2, -0.15) is 0 Å². The molecule has 88 valence electrons. The molecular weight excluding hydrogens is 202 g/mol. The van der Waals surface area contributed by atoms with Crippen molar-refractivity contribution in [2.75, 3.05) is 0 Å². The molecule has 0 aromatic carbocycles. The van der Waals surface area contributed by atoms with Gasteiger partial charge in [-0.25, -0.2) is 9.79 Å². The molecule has 0 saturated carbocycles. The van der Waals surface area contributed by atoms with E-state index in [4.69, 9.17) is 0 Å². The van der Waals surface area contributed by atoms with Gasteiger partial charge >= 0.3 is 0 Å². The molecule has 0 aromatic heterocycles. The molecular formula is C12H25NOSi. The van der Waals surface area contributed by atoms with Gasteiger partial charge in [-0.3, -0.25) is 0 Å². The standard InChI is InChI=1S/C12H25NOSi/c1-5-9-10-12(13-11-14)15(6-2,7-3)8-4/h12H,5-10H2,1-4H3. The van der Waals surface area contributed by atoms with Gasteiger partial charge in [-0.1, -0.05) is 58.7 Å². The summed E-state index contributed by atoms with van der Waals surface area (Å²) < 4.78 is 0. The molecule has 3 heteroatoms. The van der Waals surface area contributed by atoms with Crippen molar-refractivity contribution in [3.63, 3.8) is 0 Å². The van der Waals surface area contributed by atoms with Crippen LogP contribution in [0.3, 0.4) is 0 Å². The Bertz CT molecular complexity index is 199. The Balaban J connectivity index is 4.73. The Morgan fingerprint density at radius 2 is 1.67 bits per heavy atom. The lowest BCUT2D eigenvalue weighted by Crippen LogP contribution is -2.44. The van der Waals surface area contributed by atoms with Crippen molar-refractivity contribution in [2.45, 2.75) is 70.8 Å². The van der Waals surface area contributed by atoms with Crippen LogP contribution in [0.25, 0.3) is 0 Å². The summed E-state index contributed by atoms with van der Waals surface area (Å²) in [5.74, 6) is 0. The van der Waals surface area contributed by atoms with Crippen LogP contribution in [-0.2, 0) is 4.79 Å². The molecule has 0 fully saturated rings. The van der Waals surface area contributed by atoms with E-state index in [9.17, 15) is 4.79 Å². The Labute approximate surface area is 95.2 Å². The summed E-state index contributed by atoms with van der Waals surface area (Å²) in [7, 11) is -1.33. The van der Waals surface area contributed by atoms with E-state index in [0.717, 1.165) is 6.42 Å². The van der Waals surface area contributed by atoms with Crippen molar-refractivity contribution in [3.05, 3.63) is 0 Å². The van der Waals surface area contributed by atoms with Gasteiger partial charge in [-0.05, 0) is 6.42 Å². The highest BCUT2D eigenvalue weighted by Crippen LogP contribution is 2.29. The number of hydrogen-bond acceptors (Lipinski definition) is 2. The third-order valence-electron chi connectivity index (χ3n) is 3.86. The third kappa shape index (κ3) is 3.92. The van der Waals surface area contributed by atoms with Crippen LogP contribution in [-0.4, -0.2) is 19.8 Å². The molecule has 0 saturated heterocycles. The number of unbranched alkanes of at least 4 members (excludes halogenated alkanes) is 1. The minimum Gasteiger partial charge on any atom is -0.211 e. The lowest BCUT2D eigenvalue weighted by Gasteiger charge is -2.33. The molecule has 0 aliphatic heterocycles. The van der Waals surface area contributed by atoms with E-state index < -0.39 is 8.07 Å². The second-order valence-electron chi connectivity index (χ2n) is 4.30. The van der Waals surface area contributed by atoms with E-state index >= 15 is 0 Å². The Morgan fingerprint density at radius 1 is 1.13 bits per heavy atom. The van der Waals surface area contributed by atoms with Gasteiger partial charge in [0.2, 0.25) is 6.08 Å². The van der Waals surface area contributed by atoms with E-state index in [0.29, 0.717) is 5.67 Å². The van der Waals surface area contributed by atoms with Crippen LogP contribution in [0.15, 0.2) is 4.99 Å². The zero-order chi connectivity index (χ0) is 11.7. The second kappa shape index (κ2) is 7.83. The lowest BCUT2D eigenvalue weighted by atomic mass is 10.2. The smallest absolute Gasteiger partial charge is 0.211 e. The van der Waals surface area contributed by atoms with Gasteiger partial charge in [0.15, 0.2) is 0 Å². The van der Waals surface area contributed by atoms with Gasteiger partial charge in [-0.15, -0.1) is 0 Å². The molecule has 0 bridgehead atoms. The fourth-order valence-electron chi connectivity index (χ4n) is 2.43. The quantitative estimate of drug-likeness (QED) is 0.351. The van der Waals surface area contributed by atoms with Crippen LogP contribution < -0.4 is 0 Å². The van der Waals surface area contributed by atoms with Crippen LogP contribution in [0.5, 0.6) is 0 Å². The van der Waals surface area contributed by atoms with Crippen LogP contribution in [0.2, 0.25) is 18.1 Å². The number of hydrogen-bond donors (Lipinski definition) is 0. The average Bonchev–Trinajstić information content (AvgIpc) is 2.28. The molecule has 0 amide bonds. The molecule has 0 spiro atoms. The topological polar surface area (TPSA) is 29.4 Å². The van der Waals surface area contributed by atoms with Crippen molar-refractivity contribution in [2.24, 2.45) is 4.99 Å². The predicted octanol–water partition coefficient (Wildman–Crippen LogP) is 3.93. The lowest BCUT2D eigenvalue weighted by molar-refractivity contribution is 0.558. The highest BCUT2D eigenvalue weighted by molar-refractivity contribution is 6.81. The molecule has 0 radical (unpaired) electrons. The summed E-state index contributed by atoms with van der Waals surface area (Å²) in [5.41, 5.74) is 0.315. The maximum atomic E-state index is 10.5. The zero-order valence-corrected chi connectivity index (χ0v) is 11.7. The molecule has 0 aromatic rings. The molecule has 0 aliphatic carbocycles. The van der Waals surface area contributed by atoms with E-state index in [2.05, 4.69) is 32.7 Å². The van der Waals surface area contributed by atoms with E-state index in [1.807, 2.05) is 0 Å². The summed E-state index contributed by atoms with van der Waals surface area (Å²) >= 11 is 0. The molecule has 1 atom stereocenters. The predicted molar refractivity (Wildman–Crippen MR) is 68.6 cm³/mol. The highest BCUT2D eigenvalue weighted by Gasteiger charge is 2.35. The first-order chi connectivity index (χ1) is 7.20. The SMILES string of the molecule is CCCCC(N=C=O)[Si](CC)(CC)CC. The summed E-state index contributed by atoms with van der Waals surface area (Å²) in [4.78, 5) is 14.6. The van der Waals surface area contributed by atoms with Crippen LogP contribution in [0.1, 0.15) is 47.0 Å². The van der Waals surface area contributed by atoms with E-state index in [1.54, 1.807) is 6.08 Å². The van der Waals surface area contributed by atoms with Crippen molar-refractivity contribution in [3.8, 4) is 0 Å². The number of nitrogens with zero attached hydrogens (tertiary/aromatic N) is 1. The Morgan fingerprint density at radius 3 is 2.00 bits per heavy atom. The summed E-state index contributed by atoms with van der Waals surface area (Å²) in [6.07, 6.45) is 5.26. The first kappa shape index (κ1) is 14.6. The van der Waals surface area contributed by atoms with Gasteiger partial charge in [0, 0.05) is 0 Å². The zero-order valence-electron chi connectivity index (χ0n) is 10.7. The number of aliphatic imine (C=N–C) groups is 1. The molecule has 0 aliphatic rings. The van der Waals surface area contributed by atoms with E-state index in [-0.39, 0.29) is 0 Å². The van der Waals surface area contributed by atoms with Crippen molar-refractivity contribution >= 4 is 14.2 Å². The van der Waals surface area contributed by atoms with Gasteiger partial charge in [0.25, 0.3) is 0 Å². The van der Waals surface area contributed by atoms with Gasteiger partial charge in [0.1, 0.15) is 0 Å². The van der Waals surface area contributed by atoms with Crippen LogP contribution >= 0.6 is 0 Å². The highest BCUT2D eigenvalue weighted by atomic mass is 28.3. The molecule has 2 nitrogen and oxygen atoms in total. The molecule has 0 rings (SSSR count). The summed E-state index contributed by atoms with van der Waals surface area (Å²) in [6, 6.07) is 3.71. The average molecular weight is 227 g/mol. The summed E-state index contributed by atoms with van der Waals surface area (Å²) in [6.45, 7) is 8.98. The largest absolute Gasteiger partial charge is 0.234 e. The monoisotopic (exact) mass is 227 g/mol. The van der Waals surface area contributed by atoms with E-state index in [1.165, 1.54) is 31.0 Å². The number of carbonyl (C=O) groups excluding carboxylic acids is 1. The summed E-state index contributed by atoms with van der Waals surface area (Å²) in [5, 5.41) is 0. The molecule has 1 unspecified atom stereocenters. The normalized spacial score (nSPS) is 13.3. The third-order valence-corrected chi connectivity index (χ3v) is 9.92. The fraction of sp³-hybridized carbons (Fsp3) is 0.917. The molecule has 0 N–H and O–H groups in total. The van der Waals surface area contributed by atoms with Crippen LogP contribution in [0, 0.1) is 0 Å². The Hall–Kier alpha value is -0.403. The van der Waals surface area contributed by atoms with Crippen molar-refractivity contribution < 1.29 is 4.79 Å². The first-order valence-electron chi connectivity index (χ1n) is 6.27. The maximum absolute atomic E-state index is 10.5. The molecule has 0 heterocycles. The number of rotatable bonds is 8.